The molecule has 1 fully saturated rings. The minimum atomic E-state index is -0.148. The van der Waals surface area contributed by atoms with Gasteiger partial charge in [-0.05, 0) is 19.3 Å². The molecule has 1 amide bonds. The molecule has 1 rings (SSSR count). The third-order valence-electron chi connectivity index (χ3n) is 3.31. The number of amides is 1. The van der Waals surface area contributed by atoms with Crippen LogP contribution in [0.25, 0.3) is 0 Å². The Morgan fingerprint density at radius 1 is 1.23 bits per heavy atom. The Hall–Kier alpha value is -0.530. The molecule has 1 saturated carbocycles. The fraction of sp³-hybridized carbons (Fsp3) is 0.909. The summed E-state index contributed by atoms with van der Waals surface area (Å²) < 4.78 is 0. The van der Waals surface area contributed by atoms with Gasteiger partial charge in [-0.15, -0.1) is 0 Å². The molecule has 0 radical (unpaired) electrons. The second-order valence-electron chi connectivity index (χ2n) is 4.31. The Balaban J connectivity index is 2.67. The number of nitrogens with two attached hydrogens (primary N) is 1. The lowest BCUT2D eigenvalue weighted by atomic mass is 9.76. The third-order valence-corrected chi connectivity index (χ3v) is 3.31. The number of primary amides is 1. The predicted octanol–water partition coefficient (Wildman–Crippen LogP) is 2.61. The van der Waals surface area contributed by atoms with E-state index in [-0.39, 0.29) is 11.3 Å². The van der Waals surface area contributed by atoms with Crippen molar-refractivity contribution < 1.29 is 4.79 Å². The van der Waals surface area contributed by atoms with Gasteiger partial charge in [-0.3, -0.25) is 4.79 Å². The van der Waals surface area contributed by atoms with Crippen LogP contribution in [-0.4, -0.2) is 5.91 Å². The second kappa shape index (κ2) is 4.64. The van der Waals surface area contributed by atoms with Gasteiger partial charge in [0.2, 0.25) is 5.91 Å². The summed E-state index contributed by atoms with van der Waals surface area (Å²) in [5.74, 6) is -0.0590. The summed E-state index contributed by atoms with van der Waals surface area (Å²) in [5, 5.41) is 0. The van der Waals surface area contributed by atoms with E-state index < -0.39 is 0 Å². The molecule has 0 aromatic rings. The van der Waals surface area contributed by atoms with Gasteiger partial charge in [0.05, 0.1) is 0 Å². The topological polar surface area (TPSA) is 43.1 Å². The van der Waals surface area contributed by atoms with E-state index in [0.717, 1.165) is 25.7 Å². The van der Waals surface area contributed by atoms with Crippen molar-refractivity contribution in [3.8, 4) is 0 Å². The van der Waals surface area contributed by atoms with E-state index in [4.69, 9.17) is 5.73 Å². The SMILES string of the molecule is CCCC1(C(N)=O)CCCCCC1. The molecule has 76 valence electrons. The molecule has 2 nitrogen and oxygen atoms in total. The molecular weight excluding hydrogens is 162 g/mol. The Labute approximate surface area is 80.9 Å². The lowest BCUT2D eigenvalue weighted by molar-refractivity contribution is -0.129. The first-order valence-corrected chi connectivity index (χ1v) is 5.51. The molecule has 0 heterocycles. The second-order valence-corrected chi connectivity index (χ2v) is 4.31. The molecule has 13 heavy (non-hydrogen) atoms. The maximum atomic E-state index is 11.4. The number of carbonyl (C=O) groups excluding carboxylic acids is 1. The molecule has 0 aliphatic heterocycles. The molecule has 1 aliphatic carbocycles. The largest absolute Gasteiger partial charge is 0.369 e. The van der Waals surface area contributed by atoms with Gasteiger partial charge < -0.3 is 5.73 Å². The summed E-state index contributed by atoms with van der Waals surface area (Å²) in [7, 11) is 0. The third kappa shape index (κ3) is 2.45. The smallest absolute Gasteiger partial charge is 0.223 e. The zero-order valence-corrected chi connectivity index (χ0v) is 8.64. The van der Waals surface area contributed by atoms with Crippen LogP contribution in [0.3, 0.4) is 0 Å². The van der Waals surface area contributed by atoms with Crippen molar-refractivity contribution >= 4 is 5.91 Å². The fourth-order valence-corrected chi connectivity index (χ4v) is 2.50. The average Bonchev–Trinajstić information content (AvgIpc) is 2.31. The van der Waals surface area contributed by atoms with E-state index >= 15 is 0 Å². The van der Waals surface area contributed by atoms with Crippen LogP contribution in [0.15, 0.2) is 0 Å². The van der Waals surface area contributed by atoms with E-state index in [2.05, 4.69) is 6.92 Å². The molecule has 0 saturated heterocycles. The lowest BCUT2D eigenvalue weighted by Gasteiger charge is -2.28. The predicted molar refractivity (Wildman–Crippen MR) is 54.2 cm³/mol. The first-order valence-electron chi connectivity index (χ1n) is 5.51. The first-order chi connectivity index (χ1) is 6.21. The molecule has 0 bridgehead atoms. The highest BCUT2D eigenvalue weighted by Crippen LogP contribution is 2.38. The number of carbonyl (C=O) groups is 1. The van der Waals surface area contributed by atoms with Crippen LogP contribution in [0, 0.1) is 5.41 Å². The highest BCUT2D eigenvalue weighted by molar-refractivity contribution is 5.80. The Kier molecular flexibility index (Phi) is 3.76. The van der Waals surface area contributed by atoms with Crippen molar-refractivity contribution in [1.82, 2.24) is 0 Å². The average molecular weight is 183 g/mol. The summed E-state index contributed by atoms with van der Waals surface area (Å²) >= 11 is 0. The summed E-state index contributed by atoms with van der Waals surface area (Å²) in [6, 6.07) is 0. The first kappa shape index (κ1) is 10.6. The van der Waals surface area contributed by atoms with Crippen LogP contribution in [0.2, 0.25) is 0 Å². The normalized spacial score (nSPS) is 22.2. The number of hydrogen-bond donors (Lipinski definition) is 1. The van der Waals surface area contributed by atoms with Crippen molar-refractivity contribution in [1.29, 1.82) is 0 Å². The van der Waals surface area contributed by atoms with Crippen molar-refractivity contribution in [2.75, 3.05) is 0 Å². The van der Waals surface area contributed by atoms with Gasteiger partial charge in [0.25, 0.3) is 0 Å². The molecule has 0 aromatic heterocycles. The summed E-state index contributed by atoms with van der Waals surface area (Å²) in [5.41, 5.74) is 5.37. The standard InChI is InChI=1S/C11H21NO/c1-2-7-11(10(12)13)8-5-3-4-6-9-11/h2-9H2,1H3,(H2,12,13). The molecule has 2 N–H and O–H groups in total. The van der Waals surface area contributed by atoms with Gasteiger partial charge in [-0.2, -0.15) is 0 Å². The zero-order chi connectivity index (χ0) is 9.73. The minimum absolute atomic E-state index is 0.0590. The monoisotopic (exact) mass is 183 g/mol. The summed E-state index contributed by atoms with van der Waals surface area (Å²) in [6.45, 7) is 2.13. The zero-order valence-electron chi connectivity index (χ0n) is 8.64. The van der Waals surface area contributed by atoms with Crippen molar-refractivity contribution in [3.05, 3.63) is 0 Å². The molecule has 0 unspecified atom stereocenters. The highest BCUT2D eigenvalue weighted by Gasteiger charge is 2.35. The minimum Gasteiger partial charge on any atom is -0.369 e. The highest BCUT2D eigenvalue weighted by atomic mass is 16.1. The lowest BCUT2D eigenvalue weighted by Crippen LogP contribution is -2.36. The number of hydrogen-bond acceptors (Lipinski definition) is 1. The van der Waals surface area contributed by atoms with Crippen LogP contribution in [-0.2, 0) is 4.79 Å². The molecule has 0 spiro atoms. The Bertz CT molecular complexity index is 169. The Morgan fingerprint density at radius 2 is 1.77 bits per heavy atom. The van der Waals surface area contributed by atoms with Crippen LogP contribution in [0.1, 0.15) is 58.3 Å². The van der Waals surface area contributed by atoms with Crippen molar-refractivity contribution in [2.24, 2.45) is 11.1 Å². The van der Waals surface area contributed by atoms with Gasteiger partial charge in [0.15, 0.2) is 0 Å². The van der Waals surface area contributed by atoms with Gasteiger partial charge in [-0.1, -0.05) is 39.0 Å². The fourth-order valence-electron chi connectivity index (χ4n) is 2.50. The van der Waals surface area contributed by atoms with E-state index in [1.807, 2.05) is 0 Å². The number of rotatable bonds is 3. The van der Waals surface area contributed by atoms with E-state index in [9.17, 15) is 4.79 Å². The van der Waals surface area contributed by atoms with Gasteiger partial charge in [0.1, 0.15) is 0 Å². The van der Waals surface area contributed by atoms with Gasteiger partial charge in [0, 0.05) is 5.41 Å². The summed E-state index contributed by atoms with van der Waals surface area (Å²) in [6.07, 6.45) is 9.03. The van der Waals surface area contributed by atoms with Crippen LogP contribution in [0.5, 0.6) is 0 Å². The van der Waals surface area contributed by atoms with Crippen LogP contribution in [0.4, 0.5) is 0 Å². The van der Waals surface area contributed by atoms with Gasteiger partial charge in [-0.25, -0.2) is 0 Å². The Morgan fingerprint density at radius 3 is 2.15 bits per heavy atom. The van der Waals surface area contributed by atoms with Crippen molar-refractivity contribution in [3.63, 3.8) is 0 Å². The molecule has 0 atom stereocenters. The molecule has 0 aromatic carbocycles. The molecule has 2 heteroatoms. The van der Waals surface area contributed by atoms with Crippen molar-refractivity contribution in [2.45, 2.75) is 58.3 Å². The maximum Gasteiger partial charge on any atom is 0.223 e. The van der Waals surface area contributed by atoms with Gasteiger partial charge >= 0.3 is 0 Å². The van der Waals surface area contributed by atoms with E-state index in [1.54, 1.807) is 0 Å². The quantitative estimate of drug-likeness (QED) is 0.671. The molecular formula is C11H21NO. The van der Waals surface area contributed by atoms with E-state index in [0.29, 0.717) is 0 Å². The summed E-state index contributed by atoms with van der Waals surface area (Å²) in [4.78, 5) is 11.4. The molecule has 1 aliphatic rings. The van der Waals surface area contributed by atoms with Crippen LogP contribution < -0.4 is 5.73 Å². The van der Waals surface area contributed by atoms with Crippen LogP contribution >= 0.6 is 0 Å². The van der Waals surface area contributed by atoms with E-state index in [1.165, 1.54) is 25.7 Å². The maximum absolute atomic E-state index is 11.4.